The standard InChI is InChI=1S/C19H23N3O5/c1-21-12-14(18(24)22(2)19(21)25)5-8-17(23)20-10-9-13-11-15(26-3)6-7-16(13)27-4/h5-8,11-12H,9-10H2,1-4H3,(H,20,23). The molecule has 8 heteroatoms. The highest BCUT2D eigenvalue weighted by atomic mass is 16.5. The monoisotopic (exact) mass is 373 g/mol. The van der Waals surface area contributed by atoms with E-state index < -0.39 is 11.2 Å². The van der Waals surface area contributed by atoms with Gasteiger partial charge in [-0.15, -0.1) is 0 Å². The van der Waals surface area contributed by atoms with Crippen molar-refractivity contribution in [1.29, 1.82) is 0 Å². The van der Waals surface area contributed by atoms with Gasteiger partial charge in [-0.1, -0.05) is 0 Å². The lowest BCUT2D eigenvalue weighted by Gasteiger charge is -2.10. The summed E-state index contributed by atoms with van der Waals surface area (Å²) < 4.78 is 12.8. The fourth-order valence-corrected chi connectivity index (χ4v) is 2.57. The molecule has 0 aliphatic rings. The van der Waals surface area contributed by atoms with Crippen molar-refractivity contribution in [3.63, 3.8) is 0 Å². The molecule has 2 aromatic rings. The van der Waals surface area contributed by atoms with Crippen LogP contribution in [0, 0.1) is 0 Å². The summed E-state index contributed by atoms with van der Waals surface area (Å²) in [7, 11) is 6.10. The molecule has 27 heavy (non-hydrogen) atoms. The molecular weight excluding hydrogens is 350 g/mol. The molecule has 0 unspecified atom stereocenters. The number of benzene rings is 1. The van der Waals surface area contributed by atoms with Gasteiger partial charge in [0.1, 0.15) is 11.5 Å². The number of hydrogen-bond donors (Lipinski definition) is 1. The first-order valence-corrected chi connectivity index (χ1v) is 8.31. The fraction of sp³-hybridized carbons (Fsp3) is 0.316. The van der Waals surface area contributed by atoms with Crippen LogP contribution in [0.5, 0.6) is 11.5 Å². The number of nitrogens with zero attached hydrogens (tertiary/aromatic N) is 2. The normalized spacial score (nSPS) is 10.8. The van der Waals surface area contributed by atoms with Crippen LogP contribution in [0.15, 0.2) is 40.1 Å². The topological polar surface area (TPSA) is 91.6 Å². The molecule has 8 nitrogen and oxygen atoms in total. The third-order valence-corrected chi connectivity index (χ3v) is 4.07. The number of aromatic nitrogens is 2. The fourth-order valence-electron chi connectivity index (χ4n) is 2.57. The Morgan fingerprint density at radius 1 is 1.19 bits per heavy atom. The highest BCUT2D eigenvalue weighted by Gasteiger charge is 2.07. The van der Waals surface area contributed by atoms with E-state index in [2.05, 4.69) is 5.32 Å². The molecule has 1 amide bonds. The second kappa shape index (κ2) is 8.88. The molecule has 0 spiro atoms. The van der Waals surface area contributed by atoms with Gasteiger partial charge in [0.05, 0.1) is 19.8 Å². The Bertz CT molecular complexity index is 972. The first-order chi connectivity index (χ1) is 12.9. The van der Waals surface area contributed by atoms with Crippen molar-refractivity contribution in [2.45, 2.75) is 6.42 Å². The van der Waals surface area contributed by atoms with Crippen molar-refractivity contribution in [3.8, 4) is 11.5 Å². The number of amides is 1. The Balaban J connectivity index is 2.01. The van der Waals surface area contributed by atoms with Gasteiger partial charge in [0.15, 0.2) is 0 Å². The number of ether oxygens (including phenoxy) is 2. The maximum Gasteiger partial charge on any atom is 0.330 e. The summed E-state index contributed by atoms with van der Waals surface area (Å²) in [6.45, 7) is 0.387. The highest BCUT2D eigenvalue weighted by Crippen LogP contribution is 2.24. The van der Waals surface area contributed by atoms with Crippen molar-refractivity contribution in [2.24, 2.45) is 14.1 Å². The van der Waals surface area contributed by atoms with E-state index in [4.69, 9.17) is 9.47 Å². The summed E-state index contributed by atoms with van der Waals surface area (Å²) in [6.07, 6.45) is 4.62. The van der Waals surface area contributed by atoms with E-state index in [0.29, 0.717) is 24.5 Å². The number of hydrogen-bond acceptors (Lipinski definition) is 5. The number of nitrogens with one attached hydrogen (secondary N) is 1. The van der Waals surface area contributed by atoms with Gasteiger partial charge >= 0.3 is 5.69 Å². The SMILES string of the molecule is COc1ccc(OC)c(CCNC(=O)C=Cc2cn(C)c(=O)n(C)c2=O)c1. The minimum atomic E-state index is -0.455. The maximum absolute atomic E-state index is 12.0. The molecule has 1 aromatic carbocycles. The van der Waals surface area contributed by atoms with Gasteiger partial charge in [0.25, 0.3) is 5.56 Å². The first-order valence-electron chi connectivity index (χ1n) is 8.31. The van der Waals surface area contributed by atoms with Crippen molar-refractivity contribution >= 4 is 12.0 Å². The van der Waals surface area contributed by atoms with Gasteiger partial charge in [-0.05, 0) is 36.3 Å². The van der Waals surface area contributed by atoms with Gasteiger partial charge < -0.3 is 19.4 Å². The molecule has 1 heterocycles. The zero-order valence-corrected chi connectivity index (χ0v) is 15.8. The quantitative estimate of drug-likeness (QED) is 0.713. The smallest absolute Gasteiger partial charge is 0.330 e. The van der Waals surface area contributed by atoms with E-state index in [1.165, 1.54) is 30.0 Å². The average molecular weight is 373 g/mol. The zero-order chi connectivity index (χ0) is 20.0. The van der Waals surface area contributed by atoms with Crippen molar-refractivity contribution in [3.05, 3.63) is 62.4 Å². The second-order valence-electron chi connectivity index (χ2n) is 5.89. The van der Waals surface area contributed by atoms with Crippen LogP contribution >= 0.6 is 0 Å². The molecule has 0 bridgehead atoms. The maximum atomic E-state index is 12.0. The summed E-state index contributed by atoms with van der Waals surface area (Å²) in [5.74, 6) is 1.09. The summed E-state index contributed by atoms with van der Waals surface area (Å²) in [5.41, 5.74) is 0.286. The zero-order valence-electron chi connectivity index (χ0n) is 15.8. The third-order valence-electron chi connectivity index (χ3n) is 4.07. The molecule has 0 atom stereocenters. The summed E-state index contributed by atoms with van der Waals surface area (Å²) in [5, 5.41) is 2.75. The van der Waals surface area contributed by atoms with Crippen LogP contribution in [-0.2, 0) is 25.3 Å². The van der Waals surface area contributed by atoms with E-state index in [-0.39, 0.29) is 11.5 Å². The van der Waals surface area contributed by atoms with Crippen molar-refractivity contribution in [1.82, 2.24) is 14.5 Å². The lowest BCUT2D eigenvalue weighted by atomic mass is 10.1. The Morgan fingerprint density at radius 3 is 2.59 bits per heavy atom. The number of methoxy groups -OCH3 is 2. The van der Waals surface area contributed by atoms with Crippen LogP contribution in [-0.4, -0.2) is 35.8 Å². The van der Waals surface area contributed by atoms with Gasteiger partial charge in [-0.2, -0.15) is 0 Å². The van der Waals surface area contributed by atoms with E-state index in [1.807, 2.05) is 12.1 Å². The molecule has 0 saturated carbocycles. The van der Waals surface area contributed by atoms with Gasteiger partial charge in [0, 0.05) is 32.9 Å². The molecule has 144 valence electrons. The summed E-state index contributed by atoms with van der Waals surface area (Å²) in [4.78, 5) is 35.7. The van der Waals surface area contributed by atoms with Gasteiger partial charge in [-0.25, -0.2) is 4.79 Å². The molecule has 1 aromatic heterocycles. The van der Waals surface area contributed by atoms with Crippen LogP contribution in [0.3, 0.4) is 0 Å². The van der Waals surface area contributed by atoms with Crippen LogP contribution in [0.4, 0.5) is 0 Å². The Hall–Kier alpha value is -3.29. The minimum absolute atomic E-state index is 0.254. The van der Waals surface area contributed by atoms with Crippen LogP contribution in [0.25, 0.3) is 6.08 Å². The molecular formula is C19H23N3O5. The molecule has 2 rings (SSSR count). The van der Waals surface area contributed by atoms with Crippen LogP contribution < -0.4 is 26.0 Å². The molecule has 0 aliphatic carbocycles. The molecule has 1 N–H and O–H groups in total. The molecule has 0 saturated heterocycles. The molecule has 0 radical (unpaired) electrons. The Kier molecular flexibility index (Phi) is 6.59. The summed E-state index contributed by atoms with van der Waals surface area (Å²) >= 11 is 0. The van der Waals surface area contributed by atoms with Crippen LogP contribution in [0.1, 0.15) is 11.1 Å². The first kappa shape index (κ1) is 20.0. The predicted octanol–water partition coefficient (Wildman–Crippen LogP) is 0.473. The Morgan fingerprint density at radius 2 is 1.93 bits per heavy atom. The summed E-state index contributed by atoms with van der Waals surface area (Å²) in [6, 6.07) is 5.47. The molecule has 0 aliphatic heterocycles. The number of carbonyl (C=O) groups excluding carboxylic acids is 1. The van der Waals surface area contributed by atoms with Crippen molar-refractivity contribution in [2.75, 3.05) is 20.8 Å². The van der Waals surface area contributed by atoms with E-state index >= 15 is 0 Å². The number of aryl methyl sites for hydroxylation is 1. The third kappa shape index (κ3) is 4.87. The number of carbonyl (C=O) groups is 1. The van der Waals surface area contributed by atoms with E-state index in [0.717, 1.165) is 10.1 Å². The lowest BCUT2D eigenvalue weighted by Crippen LogP contribution is -2.37. The molecule has 0 fully saturated rings. The van der Waals surface area contributed by atoms with Crippen molar-refractivity contribution < 1.29 is 14.3 Å². The second-order valence-corrected chi connectivity index (χ2v) is 5.89. The van der Waals surface area contributed by atoms with Crippen LogP contribution in [0.2, 0.25) is 0 Å². The van der Waals surface area contributed by atoms with E-state index in [1.54, 1.807) is 27.3 Å². The minimum Gasteiger partial charge on any atom is -0.497 e. The highest BCUT2D eigenvalue weighted by molar-refractivity contribution is 5.91. The van der Waals surface area contributed by atoms with E-state index in [9.17, 15) is 14.4 Å². The Labute approximate surface area is 156 Å². The lowest BCUT2D eigenvalue weighted by molar-refractivity contribution is -0.116. The largest absolute Gasteiger partial charge is 0.497 e. The predicted molar refractivity (Wildman–Crippen MR) is 102 cm³/mol. The average Bonchev–Trinajstić information content (AvgIpc) is 2.67. The number of rotatable bonds is 7. The van der Waals surface area contributed by atoms with Gasteiger partial charge in [0.2, 0.25) is 5.91 Å². The van der Waals surface area contributed by atoms with Gasteiger partial charge in [-0.3, -0.25) is 14.2 Å².